The molecule has 212 valence electrons. The first kappa shape index (κ1) is 31.8. The lowest BCUT2D eigenvalue weighted by Gasteiger charge is -2.10. The second-order valence-corrected chi connectivity index (χ2v) is 13.1. The van der Waals surface area contributed by atoms with Gasteiger partial charge in [0, 0.05) is 14.3 Å². The molecule has 6 aromatic rings. The molecule has 0 amide bonds. The topological polar surface area (TPSA) is 34.1 Å². The fourth-order valence-corrected chi connectivity index (χ4v) is 8.25. The van der Waals surface area contributed by atoms with Gasteiger partial charge in [0.1, 0.15) is 13.6 Å². The van der Waals surface area contributed by atoms with Gasteiger partial charge in [0.15, 0.2) is 14.7 Å². The van der Waals surface area contributed by atoms with Crippen molar-refractivity contribution in [3.05, 3.63) is 162 Å². The van der Waals surface area contributed by atoms with E-state index in [4.69, 9.17) is 9.59 Å². The molecule has 0 aliphatic rings. The van der Waals surface area contributed by atoms with Gasteiger partial charge in [-0.1, -0.05) is 113 Å². The van der Waals surface area contributed by atoms with E-state index >= 15 is 0 Å². The Kier molecular flexibility index (Phi) is 12.2. The summed E-state index contributed by atoms with van der Waals surface area (Å²) in [6.45, 7) is 4.00. The highest BCUT2D eigenvalue weighted by Gasteiger charge is 2.28. The minimum atomic E-state index is -0.179. The van der Waals surface area contributed by atoms with Gasteiger partial charge in [-0.05, 0) is 95.1 Å². The summed E-state index contributed by atoms with van der Waals surface area (Å²) in [5.41, 5.74) is 4.91. The van der Waals surface area contributed by atoms with Crippen LogP contribution in [-0.4, -0.2) is 13.6 Å². The van der Waals surface area contributed by atoms with E-state index < -0.39 is 0 Å². The summed E-state index contributed by atoms with van der Waals surface area (Å²) in [5.74, 6) is 0. The van der Waals surface area contributed by atoms with Gasteiger partial charge in [-0.2, -0.15) is 0 Å². The molecule has 0 spiro atoms. The van der Waals surface area contributed by atoms with Crippen LogP contribution in [0.3, 0.4) is 0 Å². The third-order valence-electron chi connectivity index (χ3n) is 6.50. The first-order valence-electron chi connectivity index (χ1n) is 13.4. The van der Waals surface area contributed by atoms with Crippen LogP contribution in [0.25, 0.3) is 22.3 Å². The molecule has 5 heteroatoms. The van der Waals surface area contributed by atoms with E-state index in [9.17, 15) is 0 Å². The van der Waals surface area contributed by atoms with Gasteiger partial charge in [-0.3, -0.25) is 0 Å². The Morgan fingerprint density at radius 3 is 1.40 bits per heavy atom. The standard InChI is InChI=1S/C36H26BrS2.2CH2O/c37-36-26-31(20-25-35(36)29-12-6-2-7-13-29)38-30-18-23-34(24-19-30)39(32-14-8-3-9-15-32)33-21-16-28(17-22-33)27-10-4-1-5-11-27;2*1-2/h1-26H;2*1H2/q+1;;. The third-order valence-corrected chi connectivity index (χ3v) is 10.4. The van der Waals surface area contributed by atoms with Crippen molar-refractivity contribution in [1.29, 1.82) is 0 Å². The molecule has 0 bridgehead atoms. The highest BCUT2D eigenvalue weighted by Crippen LogP contribution is 2.37. The van der Waals surface area contributed by atoms with Crippen LogP contribution < -0.4 is 0 Å². The maximum atomic E-state index is 8.00. The van der Waals surface area contributed by atoms with Gasteiger partial charge < -0.3 is 9.59 Å². The molecule has 0 aliphatic carbocycles. The van der Waals surface area contributed by atoms with Crippen molar-refractivity contribution in [2.75, 3.05) is 0 Å². The molecule has 2 nitrogen and oxygen atoms in total. The van der Waals surface area contributed by atoms with Crippen molar-refractivity contribution in [2.45, 2.75) is 24.5 Å². The summed E-state index contributed by atoms with van der Waals surface area (Å²) in [6.07, 6.45) is 0. The van der Waals surface area contributed by atoms with Crippen molar-refractivity contribution in [1.82, 2.24) is 0 Å². The predicted molar refractivity (Wildman–Crippen MR) is 185 cm³/mol. The van der Waals surface area contributed by atoms with Crippen LogP contribution in [0.1, 0.15) is 0 Å². The minimum Gasteiger partial charge on any atom is -0.307 e. The van der Waals surface area contributed by atoms with Crippen LogP contribution in [0.4, 0.5) is 0 Å². The Morgan fingerprint density at radius 1 is 0.442 bits per heavy atom. The fraction of sp³-hybridized carbons (Fsp3) is 0. The molecule has 43 heavy (non-hydrogen) atoms. The number of hydrogen-bond donors (Lipinski definition) is 0. The normalized spacial score (nSPS) is 10.8. The van der Waals surface area contributed by atoms with Gasteiger partial charge in [0.05, 0.1) is 10.9 Å². The molecule has 0 aromatic heterocycles. The lowest BCUT2D eigenvalue weighted by molar-refractivity contribution is -0.0987. The van der Waals surface area contributed by atoms with Crippen LogP contribution in [0.2, 0.25) is 0 Å². The summed E-state index contributed by atoms with van der Waals surface area (Å²) in [4.78, 5) is 22.4. The molecule has 1 atom stereocenters. The first-order valence-corrected chi connectivity index (χ1v) is 16.2. The smallest absolute Gasteiger partial charge is 0.166 e. The summed E-state index contributed by atoms with van der Waals surface area (Å²) in [7, 11) is -0.179. The van der Waals surface area contributed by atoms with E-state index in [1.165, 1.54) is 46.7 Å². The Hall–Kier alpha value is -4.16. The zero-order valence-electron chi connectivity index (χ0n) is 23.4. The number of carbonyl (C=O) groups is 2. The molecule has 6 rings (SSSR count). The molecule has 6 aromatic carbocycles. The molecule has 0 N–H and O–H groups in total. The highest BCUT2D eigenvalue weighted by atomic mass is 79.9. The van der Waals surface area contributed by atoms with E-state index in [0.717, 1.165) is 4.47 Å². The predicted octanol–water partition coefficient (Wildman–Crippen LogP) is 10.7. The van der Waals surface area contributed by atoms with Crippen LogP contribution in [0.5, 0.6) is 0 Å². The zero-order chi connectivity index (χ0) is 30.4. The van der Waals surface area contributed by atoms with Crippen LogP contribution in [0.15, 0.2) is 187 Å². The van der Waals surface area contributed by atoms with Crippen LogP contribution in [-0.2, 0) is 20.5 Å². The fourth-order valence-electron chi connectivity index (χ4n) is 4.57. The lowest BCUT2D eigenvalue weighted by Crippen LogP contribution is -2.04. The third kappa shape index (κ3) is 8.23. The lowest BCUT2D eigenvalue weighted by atomic mass is 10.1. The number of hydrogen-bond acceptors (Lipinski definition) is 3. The molecule has 0 saturated carbocycles. The van der Waals surface area contributed by atoms with Crippen molar-refractivity contribution in [3.8, 4) is 22.3 Å². The maximum Gasteiger partial charge on any atom is 0.166 e. The van der Waals surface area contributed by atoms with Crippen molar-refractivity contribution < 1.29 is 9.59 Å². The van der Waals surface area contributed by atoms with Gasteiger partial charge >= 0.3 is 0 Å². The number of carbonyl (C=O) groups excluding carboxylic acids is 2. The molecular weight excluding hydrogens is 632 g/mol. The van der Waals surface area contributed by atoms with E-state index in [2.05, 4.69) is 168 Å². The van der Waals surface area contributed by atoms with E-state index in [1.807, 2.05) is 19.6 Å². The Bertz CT molecular complexity index is 1690. The molecule has 0 fully saturated rings. The van der Waals surface area contributed by atoms with Gasteiger partial charge in [-0.25, -0.2) is 0 Å². The Morgan fingerprint density at radius 2 is 0.860 bits per heavy atom. The van der Waals surface area contributed by atoms with Crippen LogP contribution in [0, 0.1) is 0 Å². The second kappa shape index (κ2) is 16.5. The molecule has 0 saturated heterocycles. The maximum absolute atomic E-state index is 8.00. The quantitative estimate of drug-likeness (QED) is 0.160. The molecule has 0 aliphatic heterocycles. The van der Waals surface area contributed by atoms with E-state index in [1.54, 1.807) is 11.8 Å². The van der Waals surface area contributed by atoms with Crippen molar-refractivity contribution >= 4 is 52.2 Å². The van der Waals surface area contributed by atoms with E-state index in [0.29, 0.717) is 0 Å². The van der Waals surface area contributed by atoms with Crippen molar-refractivity contribution in [3.63, 3.8) is 0 Å². The summed E-state index contributed by atoms with van der Waals surface area (Å²) < 4.78 is 1.11. The molecule has 1 unspecified atom stereocenters. The van der Waals surface area contributed by atoms with Gasteiger partial charge in [0.25, 0.3) is 0 Å². The first-order chi connectivity index (χ1) is 21.2. The Balaban J connectivity index is 0.00000102. The minimum absolute atomic E-state index is 0.179. The SMILES string of the molecule is Brc1cc(Sc2ccc([S+](c3ccccc3)c3ccc(-c4ccccc4)cc3)cc2)ccc1-c1ccccc1.C=O.C=O. The number of rotatable bonds is 7. The largest absolute Gasteiger partial charge is 0.307 e. The molecule has 0 heterocycles. The van der Waals surface area contributed by atoms with Gasteiger partial charge in [-0.15, -0.1) is 0 Å². The summed E-state index contributed by atoms with van der Waals surface area (Å²) in [5, 5.41) is 0. The Labute approximate surface area is 269 Å². The highest BCUT2D eigenvalue weighted by molar-refractivity contribution is 9.10. The summed E-state index contributed by atoms with van der Waals surface area (Å²) in [6, 6.07) is 56.6. The molecule has 0 radical (unpaired) electrons. The second-order valence-electron chi connectivity index (χ2n) is 9.09. The van der Waals surface area contributed by atoms with Crippen LogP contribution >= 0.6 is 27.7 Å². The average molecular weight is 663 g/mol. The van der Waals surface area contributed by atoms with Crippen molar-refractivity contribution in [2.24, 2.45) is 0 Å². The number of benzene rings is 6. The zero-order valence-corrected chi connectivity index (χ0v) is 26.7. The number of halogens is 1. The van der Waals surface area contributed by atoms with E-state index in [-0.39, 0.29) is 10.9 Å². The summed E-state index contributed by atoms with van der Waals surface area (Å²) >= 11 is 5.58. The average Bonchev–Trinajstić information content (AvgIpc) is 3.09. The monoisotopic (exact) mass is 661 g/mol. The molecular formula is C38H30BrO2S2+. The van der Waals surface area contributed by atoms with Gasteiger partial charge in [0.2, 0.25) is 0 Å².